The zero-order valence-electron chi connectivity index (χ0n) is 7.28. The van der Waals surface area contributed by atoms with Gasteiger partial charge in [0.2, 0.25) is 0 Å². The maximum Gasteiger partial charge on any atom is 0.159 e. The van der Waals surface area contributed by atoms with Crippen LogP contribution in [0.3, 0.4) is 0 Å². The lowest BCUT2D eigenvalue weighted by Crippen LogP contribution is -1.95. The molecule has 12 heavy (non-hydrogen) atoms. The summed E-state index contributed by atoms with van der Waals surface area (Å²) in [4.78, 5) is 4.42. The van der Waals surface area contributed by atoms with Crippen molar-refractivity contribution in [1.82, 2.24) is 10.3 Å². The normalized spacial score (nSPS) is 13.2. The van der Waals surface area contributed by atoms with E-state index in [0.717, 1.165) is 17.1 Å². The predicted octanol–water partition coefficient (Wildman–Crippen LogP) is 2.43. The Kier molecular flexibility index (Phi) is 1.61. The van der Waals surface area contributed by atoms with Crippen molar-refractivity contribution in [2.45, 2.75) is 19.8 Å². The van der Waals surface area contributed by atoms with Crippen molar-refractivity contribution in [2.24, 2.45) is 0 Å². The number of hydrogen-bond donors (Lipinski definition) is 0. The molecule has 1 aromatic heterocycles. The quantitative estimate of drug-likeness (QED) is 0.618. The summed E-state index contributed by atoms with van der Waals surface area (Å²) < 4.78 is 0. The number of pyridine rings is 1. The van der Waals surface area contributed by atoms with Crippen molar-refractivity contribution < 1.29 is 0 Å². The van der Waals surface area contributed by atoms with Crippen molar-refractivity contribution in [3.8, 4) is 0 Å². The smallest absolute Gasteiger partial charge is 0.159 e. The molecule has 0 bridgehead atoms. The van der Waals surface area contributed by atoms with Crippen LogP contribution < -0.4 is 5.32 Å². The molecule has 0 aliphatic carbocycles. The third kappa shape index (κ3) is 1.09. The molecular formula is C10H11N2. The van der Waals surface area contributed by atoms with Gasteiger partial charge in [0.15, 0.2) is 5.82 Å². The van der Waals surface area contributed by atoms with Gasteiger partial charge in [-0.2, -0.15) is 0 Å². The van der Waals surface area contributed by atoms with Gasteiger partial charge in [-0.05, 0) is 24.1 Å². The highest BCUT2D eigenvalue weighted by Gasteiger charge is 2.09. The van der Waals surface area contributed by atoms with E-state index in [4.69, 9.17) is 0 Å². The Balaban J connectivity index is 2.42. The van der Waals surface area contributed by atoms with Gasteiger partial charge in [0.05, 0.1) is 0 Å². The van der Waals surface area contributed by atoms with E-state index in [1.54, 1.807) is 6.20 Å². The molecule has 2 heterocycles. The molecule has 0 fully saturated rings. The summed E-state index contributed by atoms with van der Waals surface area (Å²) in [5, 5.41) is 4.15. The molecule has 61 valence electrons. The first-order chi connectivity index (χ1) is 5.77. The number of fused-ring (bicyclic) bond motifs is 1. The van der Waals surface area contributed by atoms with Gasteiger partial charge >= 0.3 is 0 Å². The third-order valence-corrected chi connectivity index (χ3v) is 1.97. The first kappa shape index (κ1) is 7.35. The highest BCUT2D eigenvalue weighted by molar-refractivity contribution is 5.65. The number of nitrogens with zero attached hydrogens (tertiary/aromatic N) is 2. The SMILES string of the molecule is CC(C)c1ccc2c(n1)[N]C=C2. The largest absolute Gasteiger partial charge is 0.237 e. The number of rotatable bonds is 1. The van der Waals surface area contributed by atoms with Crippen molar-refractivity contribution in [3.05, 3.63) is 29.6 Å². The van der Waals surface area contributed by atoms with Crippen LogP contribution in [-0.2, 0) is 0 Å². The molecule has 0 saturated carbocycles. The zero-order valence-corrected chi connectivity index (χ0v) is 7.28. The van der Waals surface area contributed by atoms with Crippen molar-refractivity contribution in [3.63, 3.8) is 0 Å². The molecule has 2 heteroatoms. The van der Waals surface area contributed by atoms with Crippen LogP contribution in [0, 0.1) is 0 Å². The predicted molar refractivity (Wildman–Crippen MR) is 49.2 cm³/mol. The second-order valence-corrected chi connectivity index (χ2v) is 3.25. The molecule has 0 spiro atoms. The Labute approximate surface area is 72.3 Å². The lowest BCUT2D eigenvalue weighted by atomic mass is 10.1. The van der Waals surface area contributed by atoms with Crippen LogP contribution in [0.4, 0.5) is 5.82 Å². The Morgan fingerprint density at radius 3 is 2.83 bits per heavy atom. The average Bonchev–Trinajstić information content (AvgIpc) is 2.49. The highest BCUT2D eigenvalue weighted by Crippen LogP contribution is 2.23. The minimum atomic E-state index is 0.478. The Morgan fingerprint density at radius 2 is 2.08 bits per heavy atom. The van der Waals surface area contributed by atoms with Crippen LogP contribution in [-0.4, -0.2) is 4.98 Å². The van der Waals surface area contributed by atoms with Crippen LogP contribution in [0.15, 0.2) is 18.3 Å². The molecule has 0 N–H and O–H groups in total. The van der Waals surface area contributed by atoms with E-state index in [9.17, 15) is 0 Å². The molecule has 0 aromatic carbocycles. The van der Waals surface area contributed by atoms with Gasteiger partial charge in [-0.15, -0.1) is 0 Å². The van der Waals surface area contributed by atoms with Gasteiger partial charge in [-0.1, -0.05) is 13.8 Å². The van der Waals surface area contributed by atoms with Crippen molar-refractivity contribution >= 4 is 11.9 Å². The van der Waals surface area contributed by atoms with Gasteiger partial charge < -0.3 is 0 Å². The van der Waals surface area contributed by atoms with E-state index in [-0.39, 0.29) is 0 Å². The highest BCUT2D eigenvalue weighted by atomic mass is 15.0. The summed E-state index contributed by atoms with van der Waals surface area (Å²) >= 11 is 0. The molecule has 1 radical (unpaired) electrons. The first-order valence-electron chi connectivity index (χ1n) is 4.16. The Morgan fingerprint density at radius 1 is 1.25 bits per heavy atom. The van der Waals surface area contributed by atoms with Crippen LogP contribution in [0.25, 0.3) is 6.08 Å². The molecule has 0 saturated heterocycles. The number of hydrogen-bond acceptors (Lipinski definition) is 1. The summed E-state index contributed by atoms with van der Waals surface area (Å²) in [5.41, 5.74) is 2.24. The van der Waals surface area contributed by atoms with Crippen LogP contribution in [0.1, 0.15) is 31.0 Å². The van der Waals surface area contributed by atoms with Crippen LogP contribution in [0.5, 0.6) is 0 Å². The van der Waals surface area contributed by atoms with Gasteiger partial charge in [0.25, 0.3) is 0 Å². The minimum absolute atomic E-state index is 0.478. The Bertz CT molecular complexity index is 327. The summed E-state index contributed by atoms with van der Waals surface area (Å²) in [7, 11) is 0. The second-order valence-electron chi connectivity index (χ2n) is 3.25. The lowest BCUT2D eigenvalue weighted by Gasteiger charge is -2.05. The molecule has 2 nitrogen and oxygen atoms in total. The van der Waals surface area contributed by atoms with E-state index >= 15 is 0 Å². The van der Waals surface area contributed by atoms with Gasteiger partial charge in [-0.3, -0.25) is 0 Å². The monoisotopic (exact) mass is 159 g/mol. The zero-order chi connectivity index (χ0) is 8.55. The van der Waals surface area contributed by atoms with Crippen LogP contribution >= 0.6 is 0 Å². The minimum Gasteiger partial charge on any atom is -0.237 e. The maximum atomic E-state index is 4.42. The molecule has 2 rings (SSSR count). The molecule has 1 aliphatic heterocycles. The topological polar surface area (TPSA) is 27.0 Å². The van der Waals surface area contributed by atoms with Crippen LogP contribution in [0.2, 0.25) is 0 Å². The van der Waals surface area contributed by atoms with Crippen molar-refractivity contribution in [2.75, 3.05) is 0 Å². The molecule has 0 amide bonds. The van der Waals surface area contributed by atoms with E-state index in [2.05, 4.69) is 36.3 Å². The third-order valence-electron chi connectivity index (χ3n) is 1.97. The fraction of sp³-hybridized carbons (Fsp3) is 0.300. The first-order valence-corrected chi connectivity index (χ1v) is 4.16. The fourth-order valence-electron chi connectivity index (χ4n) is 1.22. The summed E-state index contributed by atoms with van der Waals surface area (Å²) in [6, 6.07) is 4.14. The summed E-state index contributed by atoms with van der Waals surface area (Å²) in [5.74, 6) is 1.34. The van der Waals surface area contributed by atoms with Gasteiger partial charge in [0, 0.05) is 17.5 Å². The molecule has 1 aliphatic rings. The van der Waals surface area contributed by atoms with Crippen molar-refractivity contribution in [1.29, 1.82) is 0 Å². The maximum absolute atomic E-state index is 4.42. The molecule has 0 atom stereocenters. The van der Waals surface area contributed by atoms with E-state index < -0.39 is 0 Å². The van der Waals surface area contributed by atoms with Gasteiger partial charge in [-0.25, -0.2) is 10.3 Å². The van der Waals surface area contributed by atoms with Gasteiger partial charge in [0.1, 0.15) is 0 Å². The van der Waals surface area contributed by atoms with E-state index in [1.165, 1.54) is 0 Å². The fourth-order valence-corrected chi connectivity index (χ4v) is 1.22. The number of aromatic nitrogens is 1. The molecular weight excluding hydrogens is 148 g/mol. The molecule has 1 aromatic rings. The van der Waals surface area contributed by atoms with E-state index in [1.807, 2.05) is 6.08 Å². The summed E-state index contributed by atoms with van der Waals surface area (Å²) in [6.07, 6.45) is 3.77. The Hall–Kier alpha value is -1.31. The van der Waals surface area contributed by atoms with E-state index in [0.29, 0.717) is 5.92 Å². The average molecular weight is 159 g/mol. The molecule has 0 unspecified atom stereocenters. The second kappa shape index (κ2) is 2.63. The summed E-state index contributed by atoms with van der Waals surface area (Å²) in [6.45, 7) is 4.27. The standard InChI is InChI=1S/C10H11N2/c1-7(2)9-4-3-8-5-6-11-10(8)12-9/h3-7H,1-2H3. The lowest BCUT2D eigenvalue weighted by molar-refractivity contribution is 0.818.